The molecule has 0 fully saturated rings. The number of rotatable bonds is 11. The zero-order valence-corrected chi connectivity index (χ0v) is 15.7. The molecule has 0 aliphatic carbocycles. The molecular formula is C20H30O5. The maximum absolute atomic E-state index is 11.1. The van der Waals surface area contributed by atoms with E-state index in [0.29, 0.717) is 44.3 Å². The van der Waals surface area contributed by atoms with Gasteiger partial charge >= 0.3 is 5.97 Å². The summed E-state index contributed by atoms with van der Waals surface area (Å²) in [5.41, 5.74) is 0.466. The summed E-state index contributed by atoms with van der Waals surface area (Å²) in [7, 11) is 0. The summed E-state index contributed by atoms with van der Waals surface area (Å²) >= 11 is 0. The molecule has 1 aromatic carbocycles. The number of phenolic OH excluding ortho intramolecular Hbond substituents is 1. The molecule has 0 aliphatic rings. The summed E-state index contributed by atoms with van der Waals surface area (Å²) in [4.78, 5) is 21.6. The van der Waals surface area contributed by atoms with Crippen LogP contribution >= 0.6 is 0 Å². The lowest BCUT2D eigenvalue weighted by molar-refractivity contribution is -0.147. The van der Waals surface area contributed by atoms with E-state index < -0.39 is 17.0 Å². The van der Waals surface area contributed by atoms with Crippen molar-refractivity contribution in [3.05, 3.63) is 29.3 Å². The quantitative estimate of drug-likeness (QED) is 0.587. The number of aryl methyl sites for hydroxylation is 2. The highest BCUT2D eigenvalue weighted by Gasteiger charge is 2.26. The second-order valence-electron chi connectivity index (χ2n) is 7.79. The number of ether oxygens (including phenoxy) is 1. The lowest BCUT2D eigenvalue weighted by Gasteiger charge is -2.22. The van der Waals surface area contributed by atoms with Crippen LogP contribution in [0, 0.1) is 5.41 Å². The van der Waals surface area contributed by atoms with Gasteiger partial charge in [-0.05, 0) is 77.3 Å². The molecule has 1 aromatic rings. The van der Waals surface area contributed by atoms with Gasteiger partial charge in [0.1, 0.15) is 11.4 Å². The number of para-hydroxylation sites is 1. The Bertz CT molecular complexity index is 590. The maximum Gasteiger partial charge on any atom is 0.309 e. The number of carboxylic acids is 1. The number of aliphatic carboxylic acids is 1. The lowest BCUT2D eigenvalue weighted by Crippen LogP contribution is -2.23. The number of benzene rings is 1. The van der Waals surface area contributed by atoms with Crippen LogP contribution in [0.25, 0.3) is 0 Å². The fraction of sp³-hybridized carbons (Fsp3) is 0.600. The predicted octanol–water partition coefficient (Wildman–Crippen LogP) is 4.10. The van der Waals surface area contributed by atoms with E-state index in [1.165, 1.54) is 0 Å². The van der Waals surface area contributed by atoms with Crippen LogP contribution < -0.4 is 0 Å². The van der Waals surface area contributed by atoms with Crippen molar-refractivity contribution in [2.24, 2.45) is 5.41 Å². The minimum absolute atomic E-state index is 0.296. The third-order valence-corrected chi connectivity index (χ3v) is 4.62. The number of carbonyl (C=O) groups excluding carboxylic acids is 1. The van der Waals surface area contributed by atoms with Gasteiger partial charge in [-0.3, -0.25) is 9.59 Å². The number of phenols is 1. The van der Waals surface area contributed by atoms with Gasteiger partial charge < -0.3 is 14.9 Å². The highest BCUT2D eigenvalue weighted by atomic mass is 16.5. The minimum atomic E-state index is -0.800. The van der Waals surface area contributed by atoms with Crippen LogP contribution in [0.5, 0.6) is 5.75 Å². The average molecular weight is 350 g/mol. The van der Waals surface area contributed by atoms with Gasteiger partial charge in [-0.2, -0.15) is 0 Å². The SMILES string of the molecule is CC(C)(CCCc1cccc(CCCC(C)(C)C(=O)O)c1O)OC=O. The van der Waals surface area contributed by atoms with E-state index in [2.05, 4.69) is 0 Å². The highest BCUT2D eigenvalue weighted by Crippen LogP contribution is 2.29. The van der Waals surface area contributed by atoms with E-state index in [1.807, 2.05) is 32.0 Å². The Labute approximate surface area is 150 Å². The van der Waals surface area contributed by atoms with E-state index in [4.69, 9.17) is 9.84 Å². The molecule has 0 heterocycles. The molecule has 140 valence electrons. The van der Waals surface area contributed by atoms with Crippen molar-refractivity contribution in [3.63, 3.8) is 0 Å². The molecule has 0 atom stereocenters. The summed E-state index contributed by atoms with van der Waals surface area (Å²) in [5.74, 6) is -0.504. The first kappa shape index (κ1) is 21.0. The molecule has 0 aromatic heterocycles. The molecule has 25 heavy (non-hydrogen) atoms. The van der Waals surface area contributed by atoms with Gasteiger partial charge in [-0.25, -0.2) is 0 Å². The van der Waals surface area contributed by atoms with Crippen molar-refractivity contribution < 1.29 is 24.5 Å². The zero-order chi connectivity index (χ0) is 19.1. The molecule has 0 bridgehead atoms. The van der Waals surface area contributed by atoms with Crippen LogP contribution in [0.1, 0.15) is 64.5 Å². The Kier molecular flexibility index (Phi) is 7.46. The third-order valence-electron chi connectivity index (χ3n) is 4.62. The molecule has 0 unspecified atom stereocenters. The van der Waals surface area contributed by atoms with Crippen LogP contribution in [0.2, 0.25) is 0 Å². The summed E-state index contributed by atoms with van der Waals surface area (Å²) in [5, 5.41) is 19.6. The molecule has 5 nitrogen and oxygen atoms in total. The number of carboxylic acid groups (broad SMARTS) is 1. The van der Waals surface area contributed by atoms with Gasteiger partial charge in [0.2, 0.25) is 0 Å². The minimum Gasteiger partial charge on any atom is -0.507 e. The largest absolute Gasteiger partial charge is 0.507 e. The topological polar surface area (TPSA) is 83.8 Å². The number of aromatic hydroxyl groups is 1. The van der Waals surface area contributed by atoms with Crippen molar-refractivity contribution in [3.8, 4) is 5.75 Å². The summed E-state index contributed by atoms with van der Waals surface area (Å²) in [6.07, 6.45) is 4.12. The van der Waals surface area contributed by atoms with E-state index in [1.54, 1.807) is 13.8 Å². The normalized spacial score (nSPS) is 12.0. The zero-order valence-electron chi connectivity index (χ0n) is 15.7. The summed E-state index contributed by atoms with van der Waals surface area (Å²) in [6.45, 7) is 7.63. The van der Waals surface area contributed by atoms with Crippen molar-refractivity contribution in [1.29, 1.82) is 0 Å². The molecule has 0 radical (unpaired) electrons. The van der Waals surface area contributed by atoms with Gasteiger partial charge in [0.05, 0.1) is 5.41 Å². The van der Waals surface area contributed by atoms with Crippen LogP contribution in [0.15, 0.2) is 18.2 Å². The summed E-state index contributed by atoms with van der Waals surface area (Å²) < 4.78 is 5.03. The average Bonchev–Trinajstić information content (AvgIpc) is 2.50. The first-order valence-electron chi connectivity index (χ1n) is 8.74. The molecule has 2 N–H and O–H groups in total. The molecule has 0 aliphatic heterocycles. The second kappa shape index (κ2) is 8.88. The van der Waals surface area contributed by atoms with Crippen LogP contribution in [0.3, 0.4) is 0 Å². The molecule has 0 saturated carbocycles. The molecule has 1 rings (SSSR count). The van der Waals surface area contributed by atoms with Gasteiger partial charge in [-0.1, -0.05) is 18.2 Å². The smallest absolute Gasteiger partial charge is 0.309 e. The van der Waals surface area contributed by atoms with E-state index in [9.17, 15) is 14.7 Å². The van der Waals surface area contributed by atoms with Crippen molar-refractivity contribution >= 4 is 12.4 Å². The molecule has 5 heteroatoms. The Morgan fingerprint density at radius 3 is 2.08 bits per heavy atom. The first-order chi connectivity index (χ1) is 11.6. The van der Waals surface area contributed by atoms with Crippen molar-refractivity contribution in [1.82, 2.24) is 0 Å². The second-order valence-corrected chi connectivity index (χ2v) is 7.79. The van der Waals surface area contributed by atoms with E-state index in [0.717, 1.165) is 17.5 Å². The van der Waals surface area contributed by atoms with Crippen molar-refractivity contribution in [2.45, 2.75) is 71.8 Å². The number of carbonyl (C=O) groups is 2. The lowest BCUT2D eigenvalue weighted by atomic mass is 9.86. The highest BCUT2D eigenvalue weighted by molar-refractivity contribution is 5.73. The van der Waals surface area contributed by atoms with Crippen LogP contribution in [-0.2, 0) is 27.2 Å². The first-order valence-corrected chi connectivity index (χ1v) is 8.74. The van der Waals surface area contributed by atoms with Gasteiger partial charge in [0.15, 0.2) is 0 Å². The van der Waals surface area contributed by atoms with E-state index >= 15 is 0 Å². The van der Waals surface area contributed by atoms with E-state index in [-0.39, 0.29) is 0 Å². The number of hydrogen-bond acceptors (Lipinski definition) is 4. The Balaban J connectivity index is 2.60. The molecular weight excluding hydrogens is 320 g/mol. The van der Waals surface area contributed by atoms with Gasteiger partial charge in [0, 0.05) is 0 Å². The van der Waals surface area contributed by atoms with Gasteiger partial charge in [0.25, 0.3) is 6.47 Å². The molecule has 0 amide bonds. The standard InChI is InChI=1S/C20H30O5/c1-19(2,18(23)24)12-6-10-15-8-5-9-16(17(15)22)11-7-13-20(3,4)25-14-21/h5,8-9,14,22H,6-7,10-13H2,1-4H3,(H,23,24). The van der Waals surface area contributed by atoms with Crippen LogP contribution in [-0.4, -0.2) is 28.3 Å². The van der Waals surface area contributed by atoms with Crippen LogP contribution in [0.4, 0.5) is 0 Å². The fourth-order valence-electron chi connectivity index (χ4n) is 2.77. The predicted molar refractivity (Wildman–Crippen MR) is 96.6 cm³/mol. The third kappa shape index (κ3) is 6.77. The fourth-order valence-corrected chi connectivity index (χ4v) is 2.77. The monoisotopic (exact) mass is 350 g/mol. The Morgan fingerprint density at radius 1 is 1.08 bits per heavy atom. The summed E-state index contributed by atoms with van der Waals surface area (Å²) in [6, 6.07) is 5.69. The number of hydrogen-bond donors (Lipinski definition) is 2. The Hall–Kier alpha value is -2.04. The van der Waals surface area contributed by atoms with Crippen molar-refractivity contribution in [2.75, 3.05) is 0 Å². The van der Waals surface area contributed by atoms with Gasteiger partial charge in [-0.15, -0.1) is 0 Å². The molecule has 0 saturated heterocycles. The Morgan fingerprint density at radius 2 is 1.60 bits per heavy atom. The maximum atomic E-state index is 11.1. The molecule has 0 spiro atoms.